The summed E-state index contributed by atoms with van der Waals surface area (Å²) in [5.74, 6) is 0. The van der Waals surface area contributed by atoms with Crippen molar-refractivity contribution in [1.82, 2.24) is 4.90 Å². The van der Waals surface area contributed by atoms with E-state index >= 15 is 0 Å². The van der Waals surface area contributed by atoms with Crippen LogP contribution in [0.25, 0.3) is 0 Å². The van der Waals surface area contributed by atoms with Crippen molar-refractivity contribution < 1.29 is 0 Å². The quantitative estimate of drug-likeness (QED) is 0.772. The summed E-state index contributed by atoms with van der Waals surface area (Å²) < 4.78 is 0. The molecule has 0 atom stereocenters. The third-order valence-corrected chi connectivity index (χ3v) is 4.90. The van der Waals surface area contributed by atoms with Gasteiger partial charge in [-0.2, -0.15) is 4.91 Å². The van der Waals surface area contributed by atoms with Gasteiger partial charge in [-0.05, 0) is 50.8 Å². The van der Waals surface area contributed by atoms with E-state index in [9.17, 15) is 4.91 Å². The molecule has 1 saturated carbocycles. The van der Waals surface area contributed by atoms with E-state index in [2.05, 4.69) is 61.4 Å². The molecule has 1 aromatic carbocycles. The molecule has 0 radical (unpaired) electrons. The molecule has 0 bridgehead atoms. The molecule has 3 heteroatoms. The van der Waals surface area contributed by atoms with Crippen molar-refractivity contribution in [2.24, 2.45) is 10.6 Å². The monoisotopic (exact) mass is 260 g/mol. The SMILES string of the molecule is CN(C)C1(c2ccccc2)CCC(C)(CN=O)CC1. The first-order valence-electron chi connectivity index (χ1n) is 7.05. The molecule has 0 aromatic heterocycles. The zero-order valence-corrected chi connectivity index (χ0v) is 12.2. The highest BCUT2D eigenvalue weighted by Gasteiger charge is 2.42. The summed E-state index contributed by atoms with van der Waals surface area (Å²) in [6, 6.07) is 10.7. The molecule has 1 aromatic rings. The van der Waals surface area contributed by atoms with E-state index in [0.717, 1.165) is 25.7 Å². The maximum Gasteiger partial charge on any atom is 0.0864 e. The average Bonchev–Trinajstić information content (AvgIpc) is 2.41. The number of nitroso groups, excluding NO2 is 1. The van der Waals surface area contributed by atoms with Crippen LogP contribution in [0.2, 0.25) is 0 Å². The van der Waals surface area contributed by atoms with Crippen molar-refractivity contribution in [3.63, 3.8) is 0 Å². The van der Waals surface area contributed by atoms with Gasteiger partial charge in [0, 0.05) is 5.54 Å². The third-order valence-electron chi connectivity index (χ3n) is 4.90. The van der Waals surface area contributed by atoms with Crippen molar-refractivity contribution in [3.05, 3.63) is 40.8 Å². The van der Waals surface area contributed by atoms with Gasteiger partial charge < -0.3 is 0 Å². The highest BCUT2D eigenvalue weighted by molar-refractivity contribution is 5.25. The minimum Gasteiger partial charge on any atom is -0.300 e. The lowest BCUT2D eigenvalue weighted by molar-refractivity contribution is 0.0462. The average molecular weight is 260 g/mol. The molecule has 0 spiro atoms. The van der Waals surface area contributed by atoms with Gasteiger partial charge in [0.05, 0.1) is 6.54 Å². The molecule has 2 rings (SSSR count). The molecule has 0 amide bonds. The molecule has 0 N–H and O–H groups in total. The Kier molecular flexibility index (Phi) is 4.04. The Balaban J connectivity index is 2.24. The molecule has 3 nitrogen and oxygen atoms in total. The van der Waals surface area contributed by atoms with E-state index in [1.807, 2.05) is 0 Å². The fourth-order valence-corrected chi connectivity index (χ4v) is 3.32. The van der Waals surface area contributed by atoms with Gasteiger partial charge >= 0.3 is 0 Å². The molecule has 0 heterocycles. The zero-order valence-electron chi connectivity index (χ0n) is 12.2. The Morgan fingerprint density at radius 3 is 2.16 bits per heavy atom. The Morgan fingerprint density at radius 2 is 1.68 bits per heavy atom. The van der Waals surface area contributed by atoms with E-state index in [-0.39, 0.29) is 11.0 Å². The van der Waals surface area contributed by atoms with Crippen molar-refractivity contribution in [2.75, 3.05) is 20.6 Å². The molecule has 0 aliphatic heterocycles. The molecule has 104 valence electrons. The van der Waals surface area contributed by atoms with Crippen LogP contribution in [0.4, 0.5) is 0 Å². The van der Waals surface area contributed by atoms with Crippen LogP contribution >= 0.6 is 0 Å². The predicted octanol–water partition coefficient (Wildman–Crippen LogP) is 3.79. The van der Waals surface area contributed by atoms with Gasteiger partial charge in [0.1, 0.15) is 0 Å². The highest BCUT2D eigenvalue weighted by atomic mass is 16.3. The standard InChI is InChI=1S/C16H24N2O/c1-15(13-17-19)9-11-16(12-10-15,18(2)3)14-7-5-4-6-8-14/h4-8H,9-13H2,1-3H3. The van der Waals surface area contributed by atoms with Crippen LogP contribution in [-0.4, -0.2) is 25.5 Å². The van der Waals surface area contributed by atoms with Crippen molar-refractivity contribution in [2.45, 2.75) is 38.1 Å². The summed E-state index contributed by atoms with van der Waals surface area (Å²) in [5, 5.41) is 3.13. The summed E-state index contributed by atoms with van der Waals surface area (Å²) in [4.78, 5) is 12.9. The van der Waals surface area contributed by atoms with E-state index in [4.69, 9.17) is 0 Å². The second-order valence-electron chi connectivity index (χ2n) is 6.39. The summed E-state index contributed by atoms with van der Waals surface area (Å²) >= 11 is 0. The minimum absolute atomic E-state index is 0.0933. The van der Waals surface area contributed by atoms with Crippen LogP contribution in [0.5, 0.6) is 0 Å². The van der Waals surface area contributed by atoms with Crippen LogP contribution in [0.15, 0.2) is 35.5 Å². The van der Waals surface area contributed by atoms with E-state index in [0.29, 0.717) is 6.54 Å². The second kappa shape index (κ2) is 5.41. The zero-order chi connectivity index (χ0) is 13.9. The van der Waals surface area contributed by atoms with Crippen LogP contribution in [-0.2, 0) is 5.54 Å². The largest absolute Gasteiger partial charge is 0.300 e. The summed E-state index contributed by atoms with van der Waals surface area (Å²) in [7, 11) is 4.32. The number of rotatable bonds is 4. The lowest BCUT2D eigenvalue weighted by Crippen LogP contribution is -2.46. The van der Waals surface area contributed by atoms with E-state index < -0.39 is 0 Å². The van der Waals surface area contributed by atoms with Crippen molar-refractivity contribution in [3.8, 4) is 0 Å². The van der Waals surface area contributed by atoms with Crippen LogP contribution in [0.3, 0.4) is 0 Å². The van der Waals surface area contributed by atoms with Crippen LogP contribution in [0.1, 0.15) is 38.2 Å². The van der Waals surface area contributed by atoms with Gasteiger partial charge in [-0.15, -0.1) is 0 Å². The predicted molar refractivity (Wildman–Crippen MR) is 79.0 cm³/mol. The van der Waals surface area contributed by atoms with Gasteiger partial charge in [0.15, 0.2) is 0 Å². The maximum atomic E-state index is 10.6. The maximum absolute atomic E-state index is 10.6. The number of nitrogens with zero attached hydrogens (tertiary/aromatic N) is 2. The molecule has 1 fully saturated rings. The summed E-state index contributed by atoms with van der Waals surface area (Å²) in [5.41, 5.74) is 1.60. The van der Waals surface area contributed by atoms with Gasteiger partial charge in [-0.25, -0.2) is 0 Å². The fourth-order valence-electron chi connectivity index (χ4n) is 3.32. The number of hydrogen-bond acceptors (Lipinski definition) is 3. The Morgan fingerprint density at radius 1 is 1.11 bits per heavy atom. The molecule has 0 unspecified atom stereocenters. The lowest BCUT2D eigenvalue weighted by atomic mass is 9.65. The lowest BCUT2D eigenvalue weighted by Gasteiger charge is -2.48. The fraction of sp³-hybridized carbons (Fsp3) is 0.625. The molecule has 1 aliphatic carbocycles. The first-order valence-corrected chi connectivity index (χ1v) is 7.05. The molecule has 1 aliphatic rings. The minimum atomic E-state index is 0.0933. The first-order chi connectivity index (χ1) is 9.02. The van der Waals surface area contributed by atoms with Crippen molar-refractivity contribution in [1.29, 1.82) is 0 Å². The molecule has 0 saturated heterocycles. The second-order valence-corrected chi connectivity index (χ2v) is 6.39. The first kappa shape index (κ1) is 14.2. The van der Waals surface area contributed by atoms with Crippen LogP contribution < -0.4 is 0 Å². The van der Waals surface area contributed by atoms with E-state index in [1.165, 1.54) is 5.56 Å². The summed E-state index contributed by atoms with van der Waals surface area (Å²) in [6.07, 6.45) is 4.31. The van der Waals surface area contributed by atoms with Crippen molar-refractivity contribution >= 4 is 0 Å². The van der Waals surface area contributed by atoms with Gasteiger partial charge in [0.25, 0.3) is 0 Å². The number of benzene rings is 1. The topological polar surface area (TPSA) is 32.7 Å². The molecular formula is C16H24N2O. The smallest absolute Gasteiger partial charge is 0.0864 e. The third kappa shape index (κ3) is 2.71. The Labute approximate surface area is 116 Å². The van der Waals surface area contributed by atoms with Gasteiger partial charge in [-0.1, -0.05) is 42.4 Å². The van der Waals surface area contributed by atoms with Crippen LogP contribution in [0, 0.1) is 10.3 Å². The van der Waals surface area contributed by atoms with E-state index in [1.54, 1.807) is 0 Å². The molecular weight excluding hydrogens is 236 g/mol. The number of hydrogen-bond donors (Lipinski definition) is 0. The van der Waals surface area contributed by atoms with Gasteiger partial charge in [0.2, 0.25) is 0 Å². The normalized spacial score (nSPS) is 31.4. The Hall–Kier alpha value is -1.22. The summed E-state index contributed by atoms with van der Waals surface area (Å²) in [6.45, 7) is 2.64. The van der Waals surface area contributed by atoms with Gasteiger partial charge in [-0.3, -0.25) is 4.90 Å². The highest BCUT2D eigenvalue weighted by Crippen LogP contribution is 2.47. The molecule has 19 heavy (non-hydrogen) atoms. The Bertz CT molecular complexity index is 420.